The molecule has 0 aliphatic carbocycles. The van der Waals surface area contributed by atoms with Gasteiger partial charge in [-0.05, 0) is 65.8 Å². The minimum Gasteiger partial charge on any atom is -0.312 e. The van der Waals surface area contributed by atoms with Crippen LogP contribution in [0.5, 0.6) is 0 Å². The van der Waals surface area contributed by atoms with Gasteiger partial charge in [-0.3, -0.25) is 4.90 Å². The molecule has 0 bridgehead atoms. The van der Waals surface area contributed by atoms with Gasteiger partial charge in [0.2, 0.25) is 0 Å². The minimum atomic E-state index is 0.198. The fourth-order valence-corrected chi connectivity index (χ4v) is 1.98. The quantitative estimate of drug-likeness (QED) is 0.844. The lowest BCUT2D eigenvalue weighted by Gasteiger charge is -2.24. The SMILES string of the molecule is CC(C)N(C)Cc1ccccc1CCNC(C)(C)C. The summed E-state index contributed by atoms with van der Waals surface area (Å²) in [6, 6.07) is 9.38. The molecule has 0 saturated carbocycles. The van der Waals surface area contributed by atoms with E-state index in [9.17, 15) is 0 Å². The van der Waals surface area contributed by atoms with Crippen LogP contribution in [-0.2, 0) is 13.0 Å². The van der Waals surface area contributed by atoms with Gasteiger partial charge in [-0.25, -0.2) is 0 Å². The first kappa shape index (κ1) is 16.2. The highest BCUT2D eigenvalue weighted by Crippen LogP contribution is 2.13. The third-order valence-electron chi connectivity index (χ3n) is 3.47. The van der Waals surface area contributed by atoms with E-state index < -0.39 is 0 Å². The Kier molecular flexibility index (Phi) is 6.02. The Morgan fingerprint density at radius 3 is 2.21 bits per heavy atom. The molecule has 0 heterocycles. The number of rotatable bonds is 6. The van der Waals surface area contributed by atoms with Crippen molar-refractivity contribution in [3.05, 3.63) is 35.4 Å². The number of benzene rings is 1. The lowest BCUT2D eigenvalue weighted by Crippen LogP contribution is -2.37. The average molecular weight is 262 g/mol. The molecular weight excluding hydrogens is 232 g/mol. The van der Waals surface area contributed by atoms with E-state index in [4.69, 9.17) is 0 Å². The first-order valence-electron chi connectivity index (χ1n) is 7.31. The van der Waals surface area contributed by atoms with Gasteiger partial charge in [-0.2, -0.15) is 0 Å². The normalized spacial score (nSPS) is 12.4. The second kappa shape index (κ2) is 7.06. The number of nitrogens with one attached hydrogen (secondary N) is 1. The van der Waals surface area contributed by atoms with Crippen molar-refractivity contribution in [2.45, 2.75) is 59.2 Å². The number of hydrogen-bond donors (Lipinski definition) is 1. The zero-order valence-electron chi connectivity index (χ0n) is 13.5. The molecule has 0 aliphatic heterocycles. The van der Waals surface area contributed by atoms with Gasteiger partial charge in [-0.15, -0.1) is 0 Å². The number of nitrogens with zero attached hydrogens (tertiary/aromatic N) is 1. The van der Waals surface area contributed by atoms with Crippen LogP contribution in [0.3, 0.4) is 0 Å². The Hall–Kier alpha value is -0.860. The summed E-state index contributed by atoms with van der Waals surface area (Å²) in [5, 5.41) is 3.56. The smallest absolute Gasteiger partial charge is 0.0236 e. The summed E-state index contributed by atoms with van der Waals surface area (Å²) in [6.45, 7) is 13.2. The molecule has 0 amide bonds. The fraction of sp³-hybridized carbons (Fsp3) is 0.647. The number of hydrogen-bond acceptors (Lipinski definition) is 2. The summed E-state index contributed by atoms with van der Waals surface area (Å²) in [7, 11) is 2.19. The molecule has 0 aliphatic rings. The summed E-state index contributed by atoms with van der Waals surface area (Å²) >= 11 is 0. The summed E-state index contributed by atoms with van der Waals surface area (Å²) in [5.74, 6) is 0. The maximum absolute atomic E-state index is 3.56. The molecule has 0 radical (unpaired) electrons. The Morgan fingerprint density at radius 1 is 1.11 bits per heavy atom. The maximum atomic E-state index is 3.56. The first-order chi connectivity index (χ1) is 8.79. The zero-order valence-corrected chi connectivity index (χ0v) is 13.5. The molecule has 0 atom stereocenters. The van der Waals surface area contributed by atoms with Gasteiger partial charge >= 0.3 is 0 Å². The van der Waals surface area contributed by atoms with Gasteiger partial charge in [0.05, 0.1) is 0 Å². The van der Waals surface area contributed by atoms with Crippen molar-refractivity contribution in [1.82, 2.24) is 10.2 Å². The van der Waals surface area contributed by atoms with Gasteiger partial charge in [-0.1, -0.05) is 24.3 Å². The average Bonchev–Trinajstić information content (AvgIpc) is 2.29. The molecule has 2 nitrogen and oxygen atoms in total. The second-order valence-corrected chi connectivity index (χ2v) is 6.70. The van der Waals surface area contributed by atoms with Crippen molar-refractivity contribution in [1.29, 1.82) is 0 Å². The molecule has 1 N–H and O–H groups in total. The molecule has 0 saturated heterocycles. The van der Waals surface area contributed by atoms with Crippen LogP contribution in [0.15, 0.2) is 24.3 Å². The predicted octanol–water partition coefficient (Wildman–Crippen LogP) is 3.46. The van der Waals surface area contributed by atoms with Crippen LogP contribution in [0.4, 0.5) is 0 Å². The highest BCUT2D eigenvalue weighted by atomic mass is 15.1. The fourth-order valence-electron chi connectivity index (χ4n) is 1.98. The molecule has 0 spiro atoms. The van der Waals surface area contributed by atoms with Gasteiger partial charge in [0.25, 0.3) is 0 Å². The van der Waals surface area contributed by atoms with E-state index in [-0.39, 0.29) is 5.54 Å². The summed E-state index contributed by atoms with van der Waals surface area (Å²) < 4.78 is 0. The Labute approximate surface area is 119 Å². The van der Waals surface area contributed by atoms with Gasteiger partial charge in [0, 0.05) is 18.1 Å². The van der Waals surface area contributed by atoms with Crippen LogP contribution in [-0.4, -0.2) is 30.1 Å². The Bertz CT molecular complexity index is 377. The van der Waals surface area contributed by atoms with Crippen LogP contribution in [0.2, 0.25) is 0 Å². The van der Waals surface area contributed by atoms with Crippen LogP contribution >= 0.6 is 0 Å². The van der Waals surface area contributed by atoms with E-state index in [0.717, 1.165) is 19.5 Å². The van der Waals surface area contributed by atoms with Crippen molar-refractivity contribution in [2.24, 2.45) is 0 Å². The van der Waals surface area contributed by atoms with E-state index in [2.05, 4.69) is 76.1 Å². The highest BCUT2D eigenvalue weighted by molar-refractivity contribution is 5.27. The van der Waals surface area contributed by atoms with Crippen molar-refractivity contribution in [3.63, 3.8) is 0 Å². The zero-order chi connectivity index (χ0) is 14.5. The van der Waals surface area contributed by atoms with E-state index >= 15 is 0 Å². The molecule has 19 heavy (non-hydrogen) atoms. The topological polar surface area (TPSA) is 15.3 Å². The van der Waals surface area contributed by atoms with Gasteiger partial charge < -0.3 is 5.32 Å². The van der Waals surface area contributed by atoms with E-state index in [1.807, 2.05) is 0 Å². The standard InChI is InChI=1S/C17H30N2/c1-14(2)19(6)13-16-10-8-7-9-15(16)11-12-18-17(3,4)5/h7-10,14,18H,11-13H2,1-6H3. The third kappa shape index (κ3) is 6.22. The highest BCUT2D eigenvalue weighted by Gasteiger charge is 2.10. The monoisotopic (exact) mass is 262 g/mol. The van der Waals surface area contributed by atoms with Crippen LogP contribution < -0.4 is 5.32 Å². The molecule has 1 rings (SSSR count). The molecule has 2 heteroatoms. The van der Waals surface area contributed by atoms with Crippen LogP contribution in [0.25, 0.3) is 0 Å². The van der Waals surface area contributed by atoms with Gasteiger partial charge in [0.15, 0.2) is 0 Å². The molecular formula is C17H30N2. The summed E-state index contributed by atoms with van der Waals surface area (Å²) in [6.07, 6.45) is 1.10. The lowest BCUT2D eigenvalue weighted by molar-refractivity contribution is 0.265. The molecule has 1 aromatic rings. The largest absolute Gasteiger partial charge is 0.312 e. The van der Waals surface area contributed by atoms with Crippen LogP contribution in [0, 0.1) is 0 Å². The molecule has 0 aromatic heterocycles. The molecule has 108 valence electrons. The summed E-state index contributed by atoms with van der Waals surface area (Å²) in [4.78, 5) is 2.38. The molecule has 0 fully saturated rings. The summed E-state index contributed by atoms with van der Waals surface area (Å²) in [5.41, 5.74) is 3.12. The van der Waals surface area contributed by atoms with Crippen molar-refractivity contribution in [3.8, 4) is 0 Å². The second-order valence-electron chi connectivity index (χ2n) is 6.70. The first-order valence-corrected chi connectivity index (χ1v) is 7.31. The Balaban J connectivity index is 2.63. The minimum absolute atomic E-state index is 0.198. The van der Waals surface area contributed by atoms with E-state index in [1.165, 1.54) is 11.1 Å². The third-order valence-corrected chi connectivity index (χ3v) is 3.47. The predicted molar refractivity (Wildman–Crippen MR) is 84.5 cm³/mol. The lowest BCUT2D eigenvalue weighted by atomic mass is 10.0. The molecule has 0 unspecified atom stereocenters. The van der Waals surface area contributed by atoms with Crippen LogP contribution in [0.1, 0.15) is 45.7 Å². The van der Waals surface area contributed by atoms with E-state index in [1.54, 1.807) is 0 Å². The Morgan fingerprint density at radius 2 is 1.68 bits per heavy atom. The van der Waals surface area contributed by atoms with Crippen molar-refractivity contribution >= 4 is 0 Å². The van der Waals surface area contributed by atoms with Crippen molar-refractivity contribution < 1.29 is 0 Å². The van der Waals surface area contributed by atoms with Crippen molar-refractivity contribution in [2.75, 3.05) is 13.6 Å². The maximum Gasteiger partial charge on any atom is 0.0236 e. The van der Waals surface area contributed by atoms with Gasteiger partial charge in [0.1, 0.15) is 0 Å². The molecule has 1 aromatic carbocycles. The van der Waals surface area contributed by atoms with E-state index in [0.29, 0.717) is 6.04 Å².